The number of carbonyl (C=O) groups excluding carboxylic acids is 1. The van der Waals surface area contributed by atoms with Gasteiger partial charge in [0.25, 0.3) is 0 Å². The molecule has 0 fully saturated rings. The van der Waals surface area contributed by atoms with Gasteiger partial charge in [-0.15, -0.1) is 0 Å². The number of para-hydroxylation sites is 2. The monoisotopic (exact) mass is 409 g/mol. The number of hydrogen-bond acceptors (Lipinski definition) is 6. The number of aromatic nitrogens is 1. The molecule has 3 rings (SSSR count). The molecular formula is C18H16ClNO6S. The summed E-state index contributed by atoms with van der Waals surface area (Å²) in [4.78, 5) is 24.1. The van der Waals surface area contributed by atoms with Crippen molar-refractivity contribution in [2.45, 2.75) is 17.9 Å². The zero-order chi connectivity index (χ0) is 19.6. The predicted octanol–water partition coefficient (Wildman–Crippen LogP) is 2.90. The van der Waals surface area contributed by atoms with Crippen molar-refractivity contribution in [2.24, 2.45) is 0 Å². The minimum absolute atomic E-state index is 0.0183. The number of rotatable bonds is 6. The number of oxazole rings is 1. The molecule has 2 aromatic carbocycles. The van der Waals surface area contributed by atoms with Crippen molar-refractivity contribution >= 4 is 38.5 Å². The molecule has 0 saturated heterocycles. The number of carbonyl (C=O) groups is 1. The van der Waals surface area contributed by atoms with Gasteiger partial charge < -0.3 is 9.15 Å². The molecule has 9 heteroatoms. The lowest BCUT2D eigenvalue weighted by Gasteiger charge is -2.08. The Labute approximate surface area is 160 Å². The van der Waals surface area contributed by atoms with Crippen LogP contribution in [0.3, 0.4) is 0 Å². The second-order valence-electron chi connectivity index (χ2n) is 5.89. The molecule has 0 atom stereocenters. The summed E-state index contributed by atoms with van der Waals surface area (Å²) in [5.74, 6) is -1.21. The molecule has 0 amide bonds. The van der Waals surface area contributed by atoms with Crippen LogP contribution in [-0.2, 0) is 21.1 Å². The highest BCUT2D eigenvalue weighted by atomic mass is 35.5. The number of esters is 1. The molecule has 3 aromatic rings. The molecule has 0 aliphatic heterocycles. The van der Waals surface area contributed by atoms with Crippen LogP contribution in [0.2, 0.25) is 5.02 Å². The fourth-order valence-electron chi connectivity index (χ4n) is 2.58. The Hall–Kier alpha value is -2.58. The Morgan fingerprint density at radius 2 is 1.96 bits per heavy atom. The van der Waals surface area contributed by atoms with Gasteiger partial charge in [0.15, 0.2) is 15.4 Å². The molecule has 0 radical (unpaired) electrons. The third kappa shape index (κ3) is 4.23. The lowest BCUT2D eigenvalue weighted by atomic mass is 10.2. The van der Waals surface area contributed by atoms with Crippen LogP contribution in [0.4, 0.5) is 0 Å². The summed E-state index contributed by atoms with van der Waals surface area (Å²) >= 11 is 5.97. The fourth-order valence-corrected chi connectivity index (χ4v) is 3.42. The van der Waals surface area contributed by atoms with Crippen molar-refractivity contribution in [3.63, 3.8) is 0 Å². The highest BCUT2D eigenvalue weighted by molar-refractivity contribution is 7.90. The van der Waals surface area contributed by atoms with Gasteiger partial charge in [0.2, 0.25) is 0 Å². The predicted molar refractivity (Wildman–Crippen MR) is 99.9 cm³/mol. The van der Waals surface area contributed by atoms with Gasteiger partial charge >= 0.3 is 11.7 Å². The van der Waals surface area contributed by atoms with Gasteiger partial charge in [0, 0.05) is 12.8 Å². The Bertz CT molecular complexity index is 1160. The minimum atomic E-state index is -3.47. The van der Waals surface area contributed by atoms with Crippen LogP contribution >= 0.6 is 11.6 Å². The fraction of sp³-hybridized carbons (Fsp3) is 0.222. The maximum atomic E-state index is 12.2. The standard InChI is InChI=1S/C18H16ClNO6S/c1-27(23,24)12-7-8-14(19)13(11-12)17(21)25-10-4-9-20-15-5-2-3-6-16(15)26-18(20)22/h2-3,5-8,11H,4,9-10H2,1H3. The van der Waals surface area contributed by atoms with E-state index in [4.69, 9.17) is 20.8 Å². The number of ether oxygens (including phenoxy) is 1. The average molecular weight is 410 g/mol. The summed E-state index contributed by atoms with van der Waals surface area (Å²) in [6.07, 6.45) is 1.41. The van der Waals surface area contributed by atoms with Gasteiger partial charge in [-0.05, 0) is 36.8 Å². The van der Waals surface area contributed by atoms with Crippen LogP contribution in [0.1, 0.15) is 16.8 Å². The molecule has 0 unspecified atom stereocenters. The summed E-state index contributed by atoms with van der Waals surface area (Å²) in [5.41, 5.74) is 1.13. The topological polar surface area (TPSA) is 95.6 Å². The van der Waals surface area contributed by atoms with E-state index < -0.39 is 21.6 Å². The van der Waals surface area contributed by atoms with Crippen molar-refractivity contribution < 1.29 is 22.4 Å². The second-order valence-corrected chi connectivity index (χ2v) is 8.31. The number of nitrogens with zero attached hydrogens (tertiary/aromatic N) is 1. The van der Waals surface area contributed by atoms with Crippen LogP contribution in [0, 0.1) is 0 Å². The van der Waals surface area contributed by atoms with Crippen LogP contribution in [0.15, 0.2) is 56.6 Å². The zero-order valence-corrected chi connectivity index (χ0v) is 15.9. The molecular weight excluding hydrogens is 394 g/mol. The highest BCUT2D eigenvalue weighted by Gasteiger charge is 2.17. The summed E-state index contributed by atoms with van der Waals surface area (Å²) in [6.45, 7) is 0.338. The van der Waals surface area contributed by atoms with Gasteiger partial charge in [-0.25, -0.2) is 18.0 Å². The van der Waals surface area contributed by atoms with E-state index in [2.05, 4.69) is 0 Å². The third-order valence-corrected chi connectivity index (χ3v) is 5.36. The van der Waals surface area contributed by atoms with E-state index in [1.807, 2.05) is 0 Å². The van der Waals surface area contributed by atoms with E-state index in [0.29, 0.717) is 24.1 Å². The van der Waals surface area contributed by atoms with Crippen LogP contribution < -0.4 is 5.76 Å². The van der Waals surface area contributed by atoms with Crippen LogP contribution in [0.5, 0.6) is 0 Å². The van der Waals surface area contributed by atoms with Gasteiger partial charge in [-0.3, -0.25) is 4.57 Å². The van der Waals surface area contributed by atoms with Gasteiger partial charge in [0.05, 0.1) is 27.6 Å². The molecule has 7 nitrogen and oxygen atoms in total. The second kappa shape index (κ2) is 7.58. The smallest absolute Gasteiger partial charge is 0.419 e. The van der Waals surface area contributed by atoms with Crippen molar-refractivity contribution in [3.8, 4) is 0 Å². The lowest BCUT2D eigenvalue weighted by Crippen LogP contribution is -2.16. The Balaban J connectivity index is 1.65. The SMILES string of the molecule is CS(=O)(=O)c1ccc(Cl)c(C(=O)OCCCn2c(=O)oc3ccccc32)c1. The Morgan fingerprint density at radius 1 is 1.22 bits per heavy atom. The van der Waals surface area contributed by atoms with E-state index in [0.717, 1.165) is 6.26 Å². The van der Waals surface area contributed by atoms with E-state index in [1.54, 1.807) is 24.3 Å². The summed E-state index contributed by atoms with van der Waals surface area (Å²) in [7, 11) is -3.47. The molecule has 27 heavy (non-hydrogen) atoms. The van der Waals surface area contributed by atoms with Crippen molar-refractivity contribution in [1.29, 1.82) is 0 Å². The maximum Gasteiger partial charge on any atom is 0.419 e. The van der Waals surface area contributed by atoms with Crippen LogP contribution in [0.25, 0.3) is 11.1 Å². The third-order valence-electron chi connectivity index (χ3n) is 3.92. The first kappa shape index (κ1) is 19.2. The first-order valence-corrected chi connectivity index (χ1v) is 10.3. The molecule has 0 aliphatic carbocycles. The minimum Gasteiger partial charge on any atom is -0.462 e. The largest absolute Gasteiger partial charge is 0.462 e. The number of sulfone groups is 1. The van der Waals surface area contributed by atoms with Gasteiger partial charge in [0.1, 0.15) is 0 Å². The first-order chi connectivity index (χ1) is 12.8. The number of benzene rings is 2. The van der Waals surface area contributed by atoms with E-state index in [1.165, 1.54) is 22.8 Å². The van der Waals surface area contributed by atoms with Gasteiger partial charge in [-0.1, -0.05) is 23.7 Å². The molecule has 0 N–H and O–H groups in total. The number of aryl methyl sites for hydroxylation is 1. The zero-order valence-electron chi connectivity index (χ0n) is 14.3. The molecule has 0 saturated carbocycles. The number of halogens is 1. The van der Waals surface area contributed by atoms with E-state index in [-0.39, 0.29) is 22.1 Å². The Morgan fingerprint density at radius 3 is 2.70 bits per heavy atom. The van der Waals surface area contributed by atoms with E-state index in [9.17, 15) is 18.0 Å². The van der Waals surface area contributed by atoms with Crippen LogP contribution in [-0.4, -0.2) is 31.8 Å². The summed E-state index contributed by atoms with van der Waals surface area (Å²) in [5, 5.41) is 0.101. The normalized spacial score (nSPS) is 11.6. The molecule has 0 aliphatic rings. The molecule has 0 spiro atoms. The highest BCUT2D eigenvalue weighted by Crippen LogP contribution is 2.21. The first-order valence-electron chi connectivity index (χ1n) is 8.02. The molecule has 1 aromatic heterocycles. The lowest BCUT2D eigenvalue weighted by molar-refractivity contribution is 0.0496. The number of hydrogen-bond donors (Lipinski definition) is 0. The van der Waals surface area contributed by atoms with Crippen molar-refractivity contribution in [3.05, 3.63) is 63.6 Å². The van der Waals surface area contributed by atoms with Gasteiger partial charge in [-0.2, -0.15) is 0 Å². The number of fused-ring (bicyclic) bond motifs is 1. The van der Waals surface area contributed by atoms with E-state index >= 15 is 0 Å². The van der Waals surface area contributed by atoms with Crippen molar-refractivity contribution in [2.75, 3.05) is 12.9 Å². The average Bonchev–Trinajstić information content (AvgIpc) is 2.93. The van der Waals surface area contributed by atoms with Crippen molar-refractivity contribution in [1.82, 2.24) is 4.57 Å². The summed E-state index contributed by atoms with van der Waals surface area (Å²) < 4.78 is 35.0. The maximum absolute atomic E-state index is 12.2. The Kier molecular flexibility index (Phi) is 5.38. The summed E-state index contributed by atoms with van der Waals surface area (Å²) in [6, 6.07) is 10.9. The molecule has 142 valence electrons. The molecule has 1 heterocycles. The molecule has 0 bridgehead atoms. The quantitative estimate of drug-likeness (QED) is 0.459.